The molecule has 0 fully saturated rings. The third-order valence-corrected chi connectivity index (χ3v) is 6.01. The number of carbonyl (C=O) groups excluding carboxylic acids is 1. The Morgan fingerprint density at radius 3 is 2.68 bits per heavy atom. The van der Waals surface area contributed by atoms with Crippen molar-refractivity contribution in [3.8, 4) is 11.1 Å². The van der Waals surface area contributed by atoms with Gasteiger partial charge in [-0.2, -0.15) is 0 Å². The van der Waals surface area contributed by atoms with Crippen LogP contribution in [0.15, 0.2) is 47.4 Å². The van der Waals surface area contributed by atoms with Gasteiger partial charge in [-0.1, -0.05) is 49.7 Å². The van der Waals surface area contributed by atoms with Crippen LogP contribution in [0.25, 0.3) is 11.1 Å². The molecular formula is C20H22ClNO2S. The number of fused-ring (bicyclic) bond motifs is 3. The Morgan fingerprint density at radius 2 is 1.92 bits per heavy atom. The number of thioether (sulfide) groups is 1. The summed E-state index contributed by atoms with van der Waals surface area (Å²) in [6, 6.07) is 13.8. The van der Waals surface area contributed by atoms with Crippen LogP contribution in [0.5, 0.6) is 0 Å². The van der Waals surface area contributed by atoms with Gasteiger partial charge in [0.2, 0.25) is 0 Å². The van der Waals surface area contributed by atoms with Crippen molar-refractivity contribution >= 4 is 29.3 Å². The smallest absolute Gasteiger partial charge is 0.324 e. The monoisotopic (exact) mass is 375 g/mol. The standard InChI is InChI=1S/C20H22ClNO2S/c1-3-22(4-2)11-12-24-20(23)19-16-8-6-5-7-15(16)17-13-14(21)9-10-18(17)25-19/h5-10,13,19H,3-4,11-12H2,1-2H3. The summed E-state index contributed by atoms with van der Waals surface area (Å²) in [6.07, 6.45) is 0. The lowest BCUT2D eigenvalue weighted by molar-refractivity contribution is -0.143. The van der Waals surface area contributed by atoms with Crippen molar-refractivity contribution in [3.05, 3.63) is 53.1 Å². The number of carbonyl (C=O) groups is 1. The minimum Gasteiger partial charge on any atom is -0.463 e. The zero-order valence-corrected chi connectivity index (χ0v) is 16.1. The first kappa shape index (κ1) is 18.3. The molecule has 0 radical (unpaired) electrons. The third kappa shape index (κ3) is 4.02. The molecule has 1 aliphatic rings. The molecule has 0 saturated carbocycles. The van der Waals surface area contributed by atoms with E-state index in [0.717, 1.165) is 41.2 Å². The number of likely N-dealkylation sites (N-methyl/N-ethyl adjacent to an activating group) is 1. The average molecular weight is 376 g/mol. The van der Waals surface area contributed by atoms with Crippen molar-refractivity contribution in [2.24, 2.45) is 0 Å². The van der Waals surface area contributed by atoms with E-state index in [-0.39, 0.29) is 11.2 Å². The van der Waals surface area contributed by atoms with Crippen molar-refractivity contribution in [2.45, 2.75) is 24.0 Å². The maximum atomic E-state index is 12.7. The van der Waals surface area contributed by atoms with Crippen LogP contribution < -0.4 is 0 Å². The molecule has 25 heavy (non-hydrogen) atoms. The molecule has 0 aromatic heterocycles. The predicted molar refractivity (Wildman–Crippen MR) is 104 cm³/mol. The lowest BCUT2D eigenvalue weighted by Crippen LogP contribution is -2.28. The Morgan fingerprint density at radius 1 is 1.16 bits per heavy atom. The third-order valence-electron chi connectivity index (χ3n) is 4.48. The molecular weight excluding hydrogens is 354 g/mol. The van der Waals surface area contributed by atoms with E-state index in [2.05, 4.69) is 18.7 Å². The van der Waals surface area contributed by atoms with Crippen molar-refractivity contribution in [1.82, 2.24) is 4.90 Å². The van der Waals surface area contributed by atoms with E-state index < -0.39 is 0 Å². The number of ether oxygens (including phenoxy) is 1. The molecule has 3 nitrogen and oxygen atoms in total. The number of nitrogens with zero attached hydrogens (tertiary/aromatic N) is 1. The molecule has 1 aliphatic heterocycles. The molecule has 3 rings (SSSR count). The normalized spacial score (nSPS) is 15.6. The summed E-state index contributed by atoms with van der Waals surface area (Å²) < 4.78 is 5.58. The fraction of sp³-hybridized carbons (Fsp3) is 0.350. The minimum atomic E-state index is -0.332. The largest absolute Gasteiger partial charge is 0.463 e. The van der Waals surface area contributed by atoms with Crippen LogP contribution in [0.4, 0.5) is 0 Å². The number of hydrogen-bond acceptors (Lipinski definition) is 4. The highest BCUT2D eigenvalue weighted by Gasteiger charge is 2.31. The summed E-state index contributed by atoms with van der Waals surface area (Å²) in [5.41, 5.74) is 3.14. The van der Waals surface area contributed by atoms with E-state index in [9.17, 15) is 4.79 Å². The lowest BCUT2D eigenvalue weighted by Gasteiger charge is -2.26. The minimum absolute atomic E-state index is 0.176. The molecule has 0 saturated heterocycles. The first-order chi connectivity index (χ1) is 12.1. The van der Waals surface area contributed by atoms with Gasteiger partial charge in [-0.05, 0) is 48.0 Å². The first-order valence-electron chi connectivity index (χ1n) is 8.58. The van der Waals surface area contributed by atoms with Gasteiger partial charge in [0.15, 0.2) is 0 Å². The molecule has 1 unspecified atom stereocenters. The maximum Gasteiger partial charge on any atom is 0.324 e. The summed E-state index contributed by atoms with van der Waals surface area (Å²) in [5, 5.41) is 0.371. The average Bonchev–Trinajstić information content (AvgIpc) is 2.64. The van der Waals surface area contributed by atoms with Crippen LogP contribution in [0.2, 0.25) is 5.02 Å². The number of esters is 1. The Labute approximate surface area is 158 Å². The van der Waals surface area contributed by atoms with Gasteiger partial charge in [0, 0.05) is 16.5 Å². The fourth-order valence-electron chi connectivity index (χ4n) is 3.04. The first-order valence-corrected chi connectivity index (χ1v) is 9.84. The van der Waals surface area contributed by atoms with Crippen molar-refractivity contribution < 1.29 is 9.53 Å². The van der Waals surface area contributed by atoms with Crippen molar-refractivity contribution in [2.75, 3.05) is 26.2 Å². The van der Waals surface area contributed by atoms with Gasteiger partial charge in [0.25, 0.3) is 0 Å². The van der Waals surface area contributed by atoms with Crippen LogP contribution in [0.3, 0.4) is 0 Å². The maximum absolute atomic E-state index is 12.7. The molecule has 2 aromatic rings. The van der Waals surface area contributed by atoms with Gasteiger partial charge >= 0.3 is 5.97 Å². The fourth-order valence-corrected chi connectivity index (χ4v) is 4.41. The zero-order chi connectivity index (χ0) is 17.8. The predicted octanol–water partition coefficient (Wildman–Crippen LogP) is 5.04. The second-order valence-electron chi connectivity index (χ2n) is 5.92. The highest BCUT2D eigenvalue weighted by molar-refractivity contribution is 8.00. The summed E-state index contributed by atoms with van der Waals surface area (Å²) in [5.74, 6) is -0.176. The van der Waals surface area contributed by atoms with E-state index in [4.69, 9.17) is 16.3 Å². The van der Waals surface area contributed by atoms with Gasteiger partial charge in [-0.15, -0.1) is 11.8 Å². The van der Waals surface area contributed by atoms with Crippen LogP contribution in [-0.4, -0.2) is 37.1 Å². The topological polar surface area (TPSA) is 29.5 Å². The highest BCUT2D eigenvalue weighted by Crippen LogP contribution is 2.49. The van der Waals surface area contributed by atoms with Gasteiger partial charge in [0.05, 0.1) is 0 Å². The Kier molecular flexibility index (Phi) is 6.05. The van der Waals surface area contributed by atoms with Crippen molar-refractivity contribution in [3.63, 3.8) is 0 Å². The number of halogens is 1. The van der Waals surface area contributed by atoms with E-state index in [1.54, 1.807) is 11.8 Å². The van der Waals surface area contributed by atoms with Gasteiger partial charge in [-0.3, -0.25) is 4.79 Å². The van der Waals surface area contributed by atoms with E-state index in [1.165, 1.54) is 0 Å². The molecule has 0 bridgehead atoms. The number of benzene rings is 2. The summed E-state index contributed by atoms with van der Waals surface area (Å²) in [4.78, 5) is 16.0. The van der Waals surface area contributed by atoms with Crippen LogP contribution in [0.1, 0.15) is 24.7 Å². The quantitative estimate of drug-likeness (QED) is 0.661. The van der Waals surface area contributed by atoms with Crippen LogP contribution in [-0.2, 0) is 9.53 Å². The van der Waals surface area contributed by atoms with Gasteiger partial charge < -0.3 is 9.64 Å². The molecule has 0 amide bonds. The highest BCUT2D eigenvalue weighted by atomic mass is 35.5. The molecule has 132 valence electrons. The molecule has 0 spiro atoms. The van der Waals surface area contributed by atoms with E-state index in [0.29, 0.717) is 11.6 Å². The van der Waals surface area contributed by atoms with E-state index in [1.807, 2.05) is 42.5 Å². The van der Waals surface area contributed by atoms with Crippen molar-refractivity contribution in [1.29, 1.82) is 0 Å². The number of rotatable bonds is 6. The molecule has 1 heterocycles. The van der Waals surface area contributed by atoms with Crippen LogP contribution >= 0.6 is 23.4 Å². The molecule has 5 heteroatoms. The molecule has 2 aromatic carbocycles. The van der Waals surface area contributed by atoms with Gasteiger partial charge in [-0.25, -0.2) is 0 Å². The zero-order valence-electron chi connectivity index (χ0n) is 14.5. The Balaban J connectivity index is 1.79. The molecule has 0 aliphatic carbocycles. The second-order valence-corrected chi connectivity index (χ2v) is 7.50. The van der Waals surface area contributed by atoms with Gasteiger partial charge in [0.1, 0.15) is 11.9 Å². The molecule has 0 N–H and O–H groups in total. The lowest BCUT2D eigenvalue weighted by atomic mass is 9.96. The van der Waals surface area contributed by atoms with Crippen LogP contribution in [0, 0.1) is 0 Å². The second kappa shape index (κ2) is 8.26. The summed E-state index contributed by atoms with van der Waals surface area (Å²) >= 11 is 7.70. The SMILES string of the molecule is CCN(CC)CCOC(=O)C1Sc2ccc(Cl)cc2-c2ccccc21. The Hall–Kier alpha value is -1.49. The summed E-state index contributed by atoms with van der Waals surface area (Å²) in [6.45, 7) is 7.34. The summed E-state index contributed by atoms with van der Waals surface area (Å²) in [7, 11) is 0. The van der Waals surface area contributed by atoms with E-state index >= 15 is 0 Å². The molecule has 1 atom stereocenters. The number of hydrogen-bond donors (Lipinski definition) is 0. The Bertz CT molecular complexity index is 761.